The summed E-state index contributed by atoms with van der Waals surface area (Å²) in [6, 6.07) is 7.87. The molecule has 0 atom stereocenters. The van der Waals surface area contributed by atoms with E-state index in [1.165, 1.54) is 30.5 Å². The molecule has 0 saturated heterocycles. The van der Waals surface area contributed by atoms with Gasteiger partial charge in [0.1, 0.15) is 0 Å². The Morgan fingerprint density at radius 2 is 2.11 bits per heavy atom. The van der Waals surface area contributed by atoms with Crippen molar-refractivity contribution in [3.63, 3.8) is 0 Å². The lowest BCUT2D eigenvalue weighted by Gasteiger charge is -2.37. The second-order valence-electron chi connectivity index (χ2n) is 5.50. The van der Waals surface area contributed by atoms with E-state index in [-0.39, 0.29) is 0 Å². The van der Waals surface area contributed by atoms with E-state index in [2.05, 4.69) is 65.2 Å². The molecule has 1 aromatic rings. The molecule has 1 saturated carbocycles. The van der Waals surface area contributed by atoms with Gasteiger partial charge in [-0.15, -0.1) is 0 Å². The summed E-state index contributed by atoms with van der Waals surface area (Å²) in [6.45, 7) is 5.31. The molecule has 0 unspecified atom stereocenters. The second-order valence-corrected chi connectivity index (χ2v) is 6.42. The van der Waals surface area contributed by atoms with Gasteiger partial charge in [-0.3, -0.25) is 0 Å². The molecule has 0 heterocycles. The molecule has 3 heteroatoms. The van der Waals surface area contributed by atoms with Crippen LogP contribution in [0.3, 0.4) is 0 Å². The first-order valence-corrected chi connectivity index (χ1v) is 7.62. The second kappa shape index (κ2) is 6.07. The minimum atomic E-state index is 0.519. The summed E-state index contributed by atoms with van der Waals surface area (Å²) in [7, 11) is 2.23. The Morgan fingerprint density at radius 1 is 1.39 bits per heavy atom. The summed E-state index contributed by atoms with van der Waals surface area (Å²) >= 11 is 3.57. The number of rotatable bonds is 5. The minimum absolute atomic E-state index is 0.519. The summed E-state index contributed by atoms with van der Waals surface area (Å²) in [5.41, 5.74) is 2.75. The van der Waals surface area contributed by atoms with E-state index >= 15 is 0 Å². The molecule has 1 aliphatic rings. The molecule has 1 fully saturated rings. The van der Waals surface area contributed by atoms with E-state index in [1.807, 2.05) is 0 Å². The smallest absolute Gasteiger partial charge is 0.0412 e. The van der Waals surface area contributed by atoms with Crippen LogP contribution >= 0.6 is 15.9 Å². The summed E-state index contributed by atoms with van der Waals surface area (Å²) in [5, 5.41) is 3.51. The van der Waals surface area contributed by atoms with E-state index in [4.69, 9.17) is 0 Å². The quantitative estimate of drug-likeness (QED) is 0.886. The van der Waals surface area contributed by atoms with Crippen molar-refractivity contribution in [1.82, 2.24) is 5.32 Å². The third kappa shape index (κ3) is 3.27. The first-order chi connectivity index (χ1) is 8.58. The van der Waals surface area contributed by atoms with E-state index in [0.29, 0.717) is 6.04 Å². The summed E-state index contributed by atoms with van der Waals surface area (Å²) in [4.78, 5) is 2.45. The average molecular weight is 311 g/mol. The highest BCUT2D eigenvalue weighted by Gasteiger charge is 2.23. The van der Waals surface area contributed by atoms with E-state index in [1.54, 1.807) is 0 Å². The van der Waals surface area contributed by atoms with Crippen LogP contribution in [0.5, 0.6) is 0 Å². The Kier molecular flexibility index (Phi) is 4.68. The van der Waals surface area contributed by atoms with Crippen LogP contribution in [0.1, 0.15) is 38.7 Å². The average Bonchev–Trinajstić information content (AvgIpc) is 2.23. The lowest BCUT2D eigenvalue weighted by Crippen LogP contribution is -2.38. The lowest BCUT2D eigenvalue weighted by molar-refractivity contribution is 0.400. The molecular weight excluding hydrogens is 288 g/mol. The van der Waals surface area contributed by atoms with Gasteiger partial charge in [0.15, 0.2) is 0 Å². The van der Waals surface area contributed by atoms with Gasteiger partial charge in [0.05, 0.1) is 0 Å². The fraction of sp³-hybridized carbons (Fsp3) is 0.600. The maximum absolute atomic E-state index is 3.57. The van der Waals surface area contributed by atoms with Gasteiger partial charge < -0.3 is 10.2 Å². The highest BCUT2D eigenvalue weighted by Crippen LogP contribution is 2.31. The summed E-state index contributed by atoms with van der Waals surface area (Å²) < 4.78 is 1.16. The SMILES string of the molecule is CC(C)NCc1cc(Br)ccc1N(C)C1CCC1. The fourth-order valence-electron chi connectivity index (χ4n) is 2.32. The molecule has 1 N–H and O–H groups in total. The third-order valence-corrected chi connectivity index (χ3v) is 4.24. The molecule has 1 aromatic carbocycles. The van der Waals surface area contributed by atoms with Gasteiger partial charge in [-0.1, -0.05) is 29.8 Å². The van der Waals surface area contributed by atoms with Crippen molar-refractivity contribution in [2.24, 2.45) is 0 Å². The minimum Gasteiger partial charge on any atom is -0.371 e. The zero-order valence-electron chi connectivity index (χ0n) is 11.5. The van der Waals surface area contributed by atoms with Crippen LogP contribution in [-0.4, -0.2) is 19.1 Å². The highest BCUT2D eigenvalue weighted by molar-refractivity contribution is 9.10. The van der Waals surface area contributed by atoms with Gasteiger partial charge in [0.25, 0.3) is 0 Å². The van der Waals surface area contributed by atoms with Crippen molar-refractivity contribution in [1.29, 1.82) is 0 Å². The largest absolute Gasteiger partial charge is 0.371 e. The standard InChI is InChI=1S/C15H23BrN2/c1-11(2)17-10-12-9-13(16)7-8-15(12)18(3)14-5-4-6-14/h7-9,11,14,17H,4-6,10H2,1-3H3. The molecule has 0 amide bonds. The normalized spacial score (nSPS) is 15.8. The van der Waals surface area contributed by atoms with Crippen LogP contribution in [0.4, 0.5) is 5.69 Å². The molecule has 2 nitrogen and oxygen atoms in total. The molecule has 0 spiro atoms. The Bertz CT molecular complexity index is 399. The van der Waals surface area contributed by atoms with Crippen LogP contribution in [0.25, 0.3) is 0 Å². The molecule has 100 valence electrons. The Balaban J connectivity index is 2.16. The Hall–Kier alpha value is -0.540. The molecule has 18 heavy (non-hydrogen) atoms. The zero-order chi connectivity index (χ0) is 13.1. The van der Waals surface area contributed by atoms with Crippen LogP contribution in [0, 0.1) is 0 Å². The molecule has 2 rings (SSSR count). The van der Waals surface area contributed by atoms with E-state index in [0.717, 1.165) is 17.1 Å². The molecule has 0 bridgehead atoms. The van der Waals surface area contributed by atoms with Gasteiger partial charge >= 0.3 is 0 Å². The van der Waals surface area contributed by atoms with Gasteiger partial charge in [0, 0.05) is 35.8 Å². The molecule has 0 radical (unpaired) electrons. The van der Waals surface area contributed by atoms with Crippen molar-refractivity contribution >= 4 is 21.6 Å². The van der Waals surface area contributed by atoms with Crippen molar-refractivity contribution in [2.75, 3.05) is 11.9 Å². The van der Waals surface area contributed by atoms with Crippen molar-refractivity contribution in [3.8, 4) is 0 Å². The molecular formula is C15H23BrN2. The highest BCUT2D eigenvalue weighted by atomic mass is 79.9. The van der Waals surface area contributed by atoms with Crippen molar-refractivity contribution < 1.29 is 0 Å². The number of hydrogen-bond acceptors (Lipinski definition) is 2. The first-order valence-electron chi connectivity index (χ1n) is 6.82. The van der Waals surface area contributed by atoms with Crippen molar-refractivity contribution in [2.45, 2.75) is 51.7 Å². The monoisotopic (exact) mass is 310 g/mol. The maximum Gasteiger partial charge on any atom is 0.0412 e. The van der Waals surface area contributed by atoms with Gasteiger partial charge in [-0.25, -0.2) is 0 Å². The van der Waals surface area contributed by atoms with Crippen LogP contribution in [-0.2, 0) is 6.54 Å². The van der Waals surface area contributed by atoms with E-state index in [9.17, 15) is 0 Å². The maximum atomic E-state index is 3.57. The van der Waals surface area contributed by atoms with Crippen LogP contribution < -0.4 is 10.2 Å². The number of halogens is 1. The van der Waals surface area contributed by atoms with Crippen LogP contribution in [0.2, 0.25) is 0 Å². The predicted molar refractivity (Wildman–Crippen MR) is 82.2 cm³/mol. The van der Waals surface area contributed by atoms with Gasteiger partial charge in [-0.05, 0) is 43.0 Å². The van der Waals surface area contributed by atoms with Crippen LogP contribution in [0.15, 0.2) is 22.7 Å². The lowest BCUT2D eigenvalue weighted by atomic mass is 9.91. The topological polar surface area (TPSA) is 15.3 Å². The fourth-order valence-corrected chi connectivity index (χ4v) is 2.73. The number of hydrogen-bond donors (Lipinski definition) is 1. The summed E-state index contributed by atoms with van der Waals surface area (Å²) in [5.74, 6) is 0. The Morgan fingerprint density at radius 3 is 2.67 bits per heavy atom. The van der Waals surface area contributed by atoms with Gasteiger partial charge in [0.2, 0.25) is 0 Å². The van der Waals surface area contributed by atoms with Crippen molar-refractivity contribution in [3.05, 3.63) is 28.2 Å². The zero-order valence-corrected chi connectivity index (χ0v) is 13.1. The predicted octanol–water partition coefficient (Wildman–Crippen LogP) is 3.94. The number of benzene rings is 1. The van der Waals surface area contributed by atoms with Gasteiger partial charge in [-0.2, -0.15) is 0 Å². The molecule has 0 aliphatic heterocycles. The Labute approximate surface area is 119 Å². The molecule has 1 aliphatic carbocycles. The molecule has 0 aromatic heterocycles. The van der Waals surface area contributed by atoms with E-state index < -0.39 is 0 Å². The number of nitrogens with zero attached hydrogens (tertiary/aromatic N) is 1. The summed E-state index contributed by atoms with van der Waals surface area (Å²) in [6.07, 6.45) is 4.05. The first kappa shape index (κ1) is 13.9. The third-order valence-electron chi connectivity index (χ3n) is 3.74. The number of nitrogens with one attached hydrogen (secondary N) is 1. The number of anilines is 1.